The van der Waals surface area contributed by atoms with Gasteiger partial charge in [0.05, 0.1) is 5.02 Å². The summed E-state index contributed by atoms with van der Waals surface area (Å²) in [5, 5.41) is 0.649. The lowest BCUT2D eigenvalue weighted by molar-refractivity contribution is 0.587. The third kappa shape index (κ3) is 3.63. The van der Waals surface area contributed by atoms with E-state index in [9.17, 15) is 0 Å². The molecule has 0 bridgehead atoms. The molecule has 1 unspecified atom stereocenters. The Labute approximate surface area is 104 Å². The van der Waals surface area contributed by atoms with Crippen molar-refractivity contribution in [2.75, 3.05) is 25.0 Å². The van der Waals surface area contributed by atoms with Gasteiger partial charge in [0.15, 0.2) is 0 Å². The molecule has 1 rings (SSSR count). The van der Waals surface area contributed by atoms with Gasteiger partial charge in [0, 0.05) is 24.3 Å². The lowest BCUT2D eigenvalue weighted by Gasteiger charge is -2.22. The number of hydrogen-bond acceptors (Lipinski definition) is 3. The number of anilines is 1. The topological polar surface area (TPSA) is 42.1 Å². The molecule has 0 aliphatic rings. The summed E-state index contributed by atoms with van der Waals surface area (Å²) in [4.78, 5) is 6.29. The highest BCUT2D eigenvalue weighted by molar-refractivity contribution is 9.10. The zero-order chi connectivity index (χ0) is 11.4. The highest BCUT2D eigenvalue weighted by Gasteiger charge is 2.10. The summed E-state index contributed by atoms with van der Waals surface area (Å²) in [6.07, 6.45) is 1.74. The van der Waals surface area contributed by atoms with Gasteiger partial charge in [-0.15, -0.1) is 0 Å². The molecule has 0 radical (unpaired) electrons. The van der Waals surface area contributed by atoms with Crippen molar-refractivity contribution in [3.8, 4) is 0 Å². The normalized spacial score (nSPS) is 12.6. The number of rotatable bonds is 4. The summed E-state index contributed by atoms with van der Waals surface area (Å²) >= 11 is 9.41. The van der Waals surface area contributed by atoms with E-state index in [2.05, 4.69) is 27.8 Å². The lowest BCUT2D eigenvalue weighted by atomic mass is 10.2. The quantitative estimate of drug-likeness (QED) is 0.927. The maximum Gasteiger partial charge on any atom is 0.147 e. The fourth-order valence-electron chi connectivity index (χ4n) is 1.32. The van der Waals surface area contributed by atoms with Crippen molar-refractivity contribution in [2.45, 2.75) is 6.92 Å². The third-order valence-electron chi connectivity index (χ3n) is 2.14. The molecule has 15 heavy (non-hydrogen) atoms. The number of halogens is 2. The van der Waals surface area contributed by atoms with Crippen LogP contribution in [0.15, 0.2) is 16.7 Å². The summed E-state index contributed by atoms with van der Waals surface area (Å²) in [5.41, 5.74) is 5.57. The second kappa shape index (κ2) is 5.68. The molecule has 1 atom stereocenters. The van der Waals surface area contributed by atoms with Crippen LogP contribution in [0.2, 0.25) is 5.02 Å². The molecular formula is C10H15BrClN3. The van der Waals surface area contributed by atoms with Crippen LogP contribution < -0.4 is 10.6 Å². The van der Waals surface area contributed by atoms with Crippen molar-refractivity contribution < 1.29 is 0 Å². The van der Waals surface area contributed by atoms with E-state index in [0.717, 1.165) is 16.8 Å². The SMILES string of the molecule is CC(CN)CN(C)c1ncc(Br)cc1Cl. The first-order chi connectivity index (χ1) is 7.04. The second-order valence-electron chi connectivity index (χ2n) is 3.68. The molecule has 0 aromatic carbocycles. The van der Waals surface area contributed by atoms with Gasteiger partial charge in [0.25, 0.3) is 0 Å². The van der Waals surface area contributed by atoms with E-state index in [1.165, 1.54) is 0 Å². The molecule has 1 aromatic heterocycles. The second-order valence-corrected chi connectivity index (χ2v) is 5.00. The van der Waals surface area contributed by atoms with Gasteiger partial charge in [-0.2, -0.15) is 0 Å². The van der Waals surface area contributed by atoms with Crippen molar-refractivity contribution >= 4 is 33.3 Å². The van der Waals surface area contributed by atoms with Gasteiger partial charge < -0.3 is 10.6 Å². The zero-order valence-electron chi connectivity index (χ0n) is 8.87. The van der Waals surface area contributed by atoms with Crippen LogP contribution in [0.5, 0.6) is 0 Å². The van der Waals surface area contributed by atoms with Gasteiger partial charge in [0.1, 0.15) is 5.82 Å². The van der Waals surface area contributed by atoms with E-state index in [0.29, 0.717) is 17.5 Å². The van der Waals surface area contributed by atoms with Gasteiger partial charge in [-0.25, -0.2) is 4.98 Å². The van der Waals surface area contributed by atoms with E-state index in [4.69, 9.17) is 17.3 Å². The molecule has 0 saturated heterocycles. The molecule has 84 valence electrons. The minimum atomic E-state index is 0.427. The van der Waals surface area contributed by atoms with E-state index in [1.807, 2.05) is 18.0 Å². The maximum absolute atomic E-state index is 6.09. The first-order valence-corrected chi connectivity index (χ1v) is 5.94. The average molecular weight is 293 g/mol. The molecule has 3 nitrogen and oxygen atoms in total. The van der Waals surface area contributed by atoms with Gasteiger partial charge in [-0.1, -0.05) is 18.5 Å². The predicted octanol–water partition coefficient (Wildman–Crippen LogP) is 2.53. The molecule has 5 heteroatoms. The van der Waals surface area contributed by atoms with Crippen LogP contribution in [-0.2, 0) is 0 Å². The van der Waals surface area contributed by atoms with Gasteiger partial charge >= 0.3 is 0 Å². The van der Waals surface area contributed by atoms with Crippen molar-refractivity contribution in [1.82, 2.24) is 4.98 Å². The number of nitrogens with two attached hydrogens (primary N) is 1. The highest BCUT2D eigenvalue weighted by Crippen LogP contribution is 2.25. The van der Waals surface area contributed by atoms with Crippen molar-refractivity contribution in [2.24, 2.45) is 11.7 Å². The van der Waals surface area contributed by atoms with Crippen LogP contribution in [0.3, 0.4) is 0 Å². The predicted molar refractivity (Wildman–Crippen MR) is 68.4 cm³/mol. The summed E-state index contributed by atoms with van der Waals surface area (Å²) < 4.78 is 0.886. The van der Waals surface area contributed by atoms with Crippen molar-refractivity contribution in [3.63, 3.8) is 0 Å². The van der Waals surface area contributed by atoms with E-state index in [1.54, 1.807) is 6.20 Å². The Bertz CT molecular complexity index is 332. The standard InChI is InChI=1S/C10H15BrClN3/c1-7(4-13)6-15(2)10-9(12)3-8(11)5-14-10/h3,5,7H,4,6,13H2,1-2H3. The summed E-state index contributed by atoms with van der Waals surface area (Å²) in [6.45, 7) is 3.62. The molecule has 0 fully saturated rings. The number of nitrogens with zero attached hydrogens (tertiary/aromatic N) is 2. The van der Waals surface area contributed by atoms with Crippen LogP contribution >= 0.6 is 27.5 Å². The first kappa shape index (κ1) is 12.7. The molecule has 1 heterocycles. The fraction of sp³-hybridized carbons (Fsp3) is 0.500. The maximum atomic E-state index is 6.09. The van der Waals surface area contributed by atoms with E-state index < -0.39 is 0 Å². The molecule has 0 aliphatic carbocycles. The van der Waals surface area contributed by atoms with Gasteiger partial charge in [-0.3, -0.25) is 0 Å². The van der Waals surface area contributed by atoms with Gasteiger partial charge in [0.2, 0.25) is 0 Å². The largest absolute Gasteiger partial charge is 0.358 e. The van der Waals surface area contributed by atoms with E-state index in [-0.39, 0.29) is 0 Å². The summed E-state index contributed by atoms with van der Waals surface area (Å²) in [6, 6.07) is 1.84. The molecule has 0 amide bonds. The van der Waals surface area contributed by atoms with Crippen molar-refractivity contribution in [3.05, 3.63) is 21.8 Å². The van der Waals surface area contributed by atoms with E-state index >= 15 is 0 Å². The van der Waals surface area contributed by atoms with Crippen LogP contribution in [0.25, 0.3) is 0 Å². The Morgan fingerprint density at radius 1 is 1.67 bits per heavy atom. The minimum Gasteiger partial charge on any atom is -0.358 e. The smallest absolute Gasteiger partial charge is 0.147 e. The van der Waals surface area contributed by atoms with Crippen LogP contribution in [0.1, 0.15) is 6.92 Å². The zero-order valence-corrected chi connectivity index (χ0v) is 11.2. The average Bonchev–Trinajstić information content (AvgIpc) is 2.17. The molecule has 0 aliphatic heterocycles. The Balaban J connectivity index is 2.77. The Hall–Kier alpha value is -0.320. The molecule has 2 N–H and O–H groups in total. The number of aromatic nitrogens is 1. The molecule has 0 saturated carbocycles. The number of pyridine rings is 1. The number of hydrogen-bond donors (Lipinski definition) is 1. The molecular weight excluding hydrogens is 277 g/mol. The Kier molecular flexibility index (Phi) is 4.83. The summed E-state index contributed by atoms with van der Waals surface area (Å²) in [5.74, 6) is 1.22. The first-order valence-electron chi connectivity index (χ1n) is 4.76. The Morgan fingerprint density at radius 3 is 2.87 bits per heavy atom. The minimum absolute atomic E-state index is 0.427. The van der Waals surface area contributed by atoms with Crippen molar-refractivity contribution in [1.29, 1.82) is 0 Å². The van der Waals surface area contributed by atoms with Crippen LogP contribution in [-0.4, -0.2) is 25.1 Å². The third-order valence-corrected chi connectivity index (χ3v) is 2.85. The van der Waals surface area contributed by atoms with Crippen LogP contribution in [0, 0.1) is 5.92 Å². The monoisotopic (exact) mass is 291 g/mol. The van der Waals surface area contributed by atoms with Crippen LogP contribution in [0.4, 0.5) is 5.82 Å². The lowest BCUT2D eigenvalue weighted by Crippen LogP contribution is -2.28. The molecule has 1 aromatic rings. The fourth-order valence-corrected chi connectivity index (χ4v) is 2.09. The molecule has 0 spiro atoms. The highest BCUT2D eigenvalue weighted by atomic mass is 79.9. The van der Waals surface area contributed by atoms with Gasteiger partial charge in [-0.05, 0) is 34.5 Å². The Morgan fingerprint density at radius 2 is 2.33 bits per heavy atom. The summed E-state index contributed by atoms with van der Waals surface area (Å²) in [7, 11) is 1.97.